The maximum absolute atomic E-state index is 13.2. The molecule has 4 nitrogen and oxygen atoms in total. The van der Waals surface area contributed by atoms with Gasteiger partial charge in [-0.15, -0.1) is 0 Å². The van der Waals surface area contributed by atoms with Gasteiger partial charge in [0.25, 0.3) is 9.84 Å². The highest BCUT2D eigenvalue weighted by atomic mass is 32.2. The van der Waals surface area contributed by atoms with E-state index in [0.717, 1.165) is 24.0 Å². The third kappa shape index (κ3) is 7.48. The van der Waals surface area contributed by atoms with Crippen molar-refractivity contribution in [2.24, 2.45) is 5.92 Å². The molecule has 2 rings (SSSR count). The van der Waals surface area contributed by atoms with E-state index in [1.54, 1.807) is 0 Å². The summed E-state index contributed by atoms with van der Waals surface area (Å²) in [6, 6.07) is 2.92. The van der Waals surface area contributed by atoms with Gasteiger partial charge < -0.3 is 8.85 Å². The molecule has 1 aromatic carbocycles. The standard InChI is InChI=1S/C24H37F3O4SSi2/c1-16(2)19-11-10-17(3)12-20(19)23-21(30-33(4,5)6)13-18(14-22(23)31-34(7,8)9)15-32(28,29)24(25,26)27/h12-14,19-20H,1,10-11,15H2,2-9H3/t19-,20-/m1/s1. The number of rotatable bonds is 8. The van der Waals surface area contributed by atoms with E-state index in [2.05, 4.69) is 19.6 Å². The Morgan fingerprint density at radius 2 is 1.53 bits per heavy atom. The summed E-state index contributed by atoms with van der Waals surface area (Å²) in [5.74, 6) is -0.364. The van der Waals surface area contributed by atoms with Crippen LogP contribution >= 0.6 is 0 Å². The molecule has 0 spiro atoms. The maximum Gasteiger partial charge on any atom is 0.497 e. The minimum absolute atomic E-state index is 0.00552. The molecule has 0 unspecified atom stereocenters. The lowest BCUT2D eigenvalue weighted by Gasteiger charge is -2.35. The van der Waals surface area contributed by atoms with E-state index in [1.807, 2.05) is 46.2 Å². The summed E-state index contributed by atoms with van der Waals surface area (Å²) in [5, 5.41) is 0. The minimum atomic E-state index is -5.36. The van der Waals surface area contributed by atoms with Gasteiger partial charge in [0.05, 0.1) is 5.75 Å². The monoisotopic (exact) mass is 534 g/mol. The predicted molar refractivity (Wildman–Crippen MR) is 137 cm³/mol. The van der Waals surface area contributed by atoms with E-state index >= 15 is 0 Å². The molecule has 0 aromatic heterocycles. The minimum Gasteiger partial charge on any atom is -0.544 e. The van der Waals surface area contributed by atoms with Gasteiger partial charge in [-0.25, -0.2) is 8.42 Å². The molecule has 0 bridgehead atoms. The molecule has 192 valence electrons. The van der Waals surface area contributed by atoms with Gasteiger partial charge in [-0.3, -0.25) is 0 Å². The number of sulfone groups is 1. The molecule has 0 heterocycles. The average Bonchev–Trinajstić information content (AvgIpc) is 2.56. The van der Waals surface area contributed by atoms with Crippen molar-refractivity contribution in [2.75, 3.05) is 0 Å². The molecular weight excluding hydrogens is 497 g/mol. The van der Waals surface area contributed by atoms with Crippen LogP contribution in [-0.2, 0) is 15.6 Å². The first-order chi connectivity index (χ1) is 15.2. The molecule has 0 N–H and O–H groups in total. The lowest BCUT2D eigenvalue weighted by Crippen LogP contribution is -2.33. The second-order valence-electron chi connectivity index (χ2n) is 11.2. The molecule has 0 amide bonds. The van der Waals surface area contributed by atoms with Gasteiger partial charge in [0.15, 0.2) is 0 Å². The Hall–Kier alpha value is -1.53. The molecular formula is C24H37F3O4SSi2. The number of alkyl halides is 3. The molecule has 1 aliphatic carbocycles. The van der Waals surface area contributed by atoms with E-state index in [9.17, 15) is 21.6 Å². The third-order valence-corrected chi connectivity index (χ3v) is 8.50. The van der Waals surface area contributed by atoms with Crippen molar-refractivity contribution in [3.05, 3.63) is 47.1 Å². The summed E-state index contributed by atoms with van der Waals surface area (Å²) in [6.07, 6.45) is 3.99. The van der Waals surface area contributed by atoms with Crippen molar-refractivity contribution in [3.63, 3.8) is 0 Å². The fourth-order valence-corrected chi connectivity index (χ4v) is 6.53. The Labute approximate surface area is 204 Å². The van der Waals surface area contributed by atoms with Crippen LogP contribution in [-0.4, -0.2) is 30.6 Å². The molecule has 1 aromatic rings. The summed E-state index contributed by atoms with van der Waals surface area (Å²) in [4.78, 5) is 0. The molecule has 10 heteroatoms. The van der Waals surface area contributed by atoms with Crippen molar-refractivity contribution >= 4 is 26.5 Å². The Balaban J connectivity index is 2.85. The molecule has 0 aliphatic heterocycles. The van der Waals surface area contributed by atoms with E-state index in [1.165, 1.54) is 17.7 Å². The van der Waals surface area contributed by atoms with E-state index in [4.69, 9.17) is 8.85 Å². The maximum atomic E-state index is 13.2. The van der Waals surface area contributed by atoms with E-state index in [-0.39, 0.29) is 17.4 Å². The Morgan fingerprint density at radius 1 is 1.06 bits per heavy atom. The quantitative estimate of drug-likeness (QED) is 0.255. The average molecular weight is 535 g/mol. The van der Waals surface area contributed by atoms with Crippen LogP contribution in [0, 0.1) is 5.92 Å². The second-order valence-corrected chi connectivity index (χ2v) is 22.0. The van der Waals surface area contributed by atoms with Gasteiger partial charge in [-0.2, -0.15) is 13.2 Å². The van der Waals surface area contributed by atoms with Crippen LogP contribution in [0.1, 0.15) is 43.7 Å². The summed E-state index contributed by atoms with van der Waals surface area (Å²) in [5.41, 5.74) is -2.34. The van der Waals surface area contributed by atoms with Gasteiger partial charge in [-0.05, 0) is 89.6 Å². The molecule has 0 saturated carbocycles. The van der Waals surface area contributed by atoms with Crippen LogP contribution < -0.4 is 8.85 Å². The normalized spacial score (nSPS) is 20.0. The highest BCUT2D eigenvalue weighted by molar-refractivity contribution is 7.91. The van der Waals surface area contributed by atoms with Crippen molar-refractivity contribution in [2.45, 2.75) is 83.2 Å². The van der Waals surface area contributed by atoms with E-state index < -0.39 is 37.7 Å². The van der Waals surface area contributed by atoms with Crippen LogP contribution in [0.5, 0.6) is 11.5 Å². The predicted octanol–water partition coefficient (Wildman–Crippen LogP) is 7.56. The van der Waals surface area contributed by atoms with E-state index in [0.29, 0.717) is 11.5 Å². The number of allylic oxidation sites excluding steroid dienone is 3. The number of benzene rings is 1. The van der Waals surface area contributed by atoms with Gasteiger partial charge in [-0.1, -0.05) is 23.8 Å². The highest BCUT2D eigenvalue weighted by Gasteiger charge is 2.45. The Bertz CT molecular complexity index is 1030. The second kappa shape index (κ2) is 9.85. The Morgan fingerprint density at radius 3 is 1.91 bits per heavy atom. The largest absolute Gasteiger partial charge is 0.544 e. The van der Waals surface area contributed by atoms with Crippen LogP contribution in [0.4, 0.5) is 13.2 Å². The zero-order valence-electron chi connectivity index (χ0n) is 21.4. The molecule has 1 aliphatic rings. The first-order valence-electron chi connectivity index (χ1n) is 11.4. The lowest BCUT2D eigenvalue weighted by molar-refractivity contribution is -0.0437. The summed E-state index contributed by atoms with van der Waals surface area (Å²) >= 11 is 0. The van der Waals surface area contributed by atoms with Crippen LogP contribution in [0.25, 0.3) is 0 Å². The smallest absolute Gasteiger partial charge is 0.497 e. The summed E-state index contributed by atoms with van der Waals surface area (Å²) in [7, 11) is -9.79. The summed E-state index contributed by atoms with van der Waals surface area (Å²) in [6.45, 7) is 20.1. The molecule has 0 saturated heterocycles. The van der Waals surface area contributed by atoms with Crippen molar-refractivity contribution in [1.82, 2.24) is 0 Å². The fraction of sp³-hybridized carbons (Fsp3) is 0.583. The van der Waals surface area contributed by atoms with Crippen LogP contribution in [0.2, 0.25) is 39.3 Å². The number of halogens is 3. The zero-order chi connectivity index (χ0) is 26.3. The Kier molecular flexibility index (Phi) is 8.32. The lowest BCUT2D eigenvalue weighted by atomic mass is 9.74. The highest BCUT2D eigenvalue weighted by Crippen LogP contribution is 2.48. The van der Waals surface area contributed by atoms with Crippen molar-refractivity contribution < 1.29 is 30.4 Å². The molecule has 34 heavy (non-hydrogen) atoms. The molecule has 0 radical (unpaired) electrons. The van der Waals surface area contributed by atoms with Gasteiger partial charge in [0, 0.05) is 11.5 Å². The summed E-state index contributed by atoms with van der Waals surface area (Å²) < 4.78 is 76.2. The molecule has 2 atom stereocenters. The van der Waals surface area contributed by atoms with Gasteiger partial charge in [0.1, 0.15) is 11.5 Å². The van der Waals surface area contributed by atoms with Gasteiger partial charge in [0.2, 0.25) is 16.6 Å². The number of hydrogen-bond acceptors (Lipinski definition) is 4. The van der Waals surface area contributed by atoms with Gasteiger partial charge >= 0.3 is 5.51 Å². The topological polar surface area (TPSA) is 52.6 Å². The SMILES string of the molecule is C=C(C)[C@H]1CCC(C)=C[C@H]1c1c(O[Si](C)(C)C)cc(CS(=O)(=O)C(F)(F)F)cc1O[Si](C)(C)C. The third-order valence-electron chi connectivity index (χ3n) is 5.42. The first kappa shape index (κ1) is 28.7. The van der Waals surface area contributed by atoms with Crippen LogP contribution in [0.3, 0.4) is 0 Å². The number of hydrogen-bond donors (Lipinski definition) is 0. The molecule has 0 fully saturated rings. The van der Waals surface area contributed by atoms with Crippen molar-refractivity contribution in [1.29, 1.82) is 0 Å². The first-order valence-corrected chi connectivity index (χ1v) is 19.8. The fourth-order valence-electron chi connectivity index (χ4n) is 4.10. The zero-order valence-corrected chi connectivity index (χ0v) is 24.2. The van der Waals surface area contributed by atoms with Crippen LogP contribution in [0.15, 0.2) is 35.9 Å². The van der Waals surface area contributed by atoms with Crippen molar-refractivity contribution in [3.8, 4) is 11.5 Å².